The molecule has 0 amide bonds. The van der Waals surface area contributed by atoms with Gasteiger partial charge in [-0.3, -0.25) is 0 Å². The van der Waals surface area contributed by atoms with Gasteiger partial charge in [-0.15, -0.1) is 0 Å². The topological polar surface area (TPSA) is 35.5 Å². The van der Waals surface area contributed by atoms with Crippen LogP contribution in [0.1, 0.15) is 31.4 Å². The molecule has 2 rings (SSSR count). The molecule has 2 unspecified atom stereocenters. The molecule has 1 saturated heterocycles. The third-order valence-electron chi connectivity index (χ3n) is 3.71. The third-order valence-corrected chi connectivity index (χ3v) is 4.29. The molecule has 0 aromatic heterocycles. The van der Waals surface area contributed by atoms with Crippen molar-refractivity contribution in [1.82, 2.24) is 10.2 Å². The molecular formula is C15H22Cl2N2O. The Kier molecular flexibility index (Phi) is 6.12. The highest BCUT2D eigenvalue weighted by atomic mass is 35.5. The van der Waals surface area contributed by atoms with Crippen molar-refractivity contribution >= 4 is 23.2 Å². The normalized spacial score (nSPS) is 19.2. The molecule has 0 radical (unpaired) electrons. The molecule has 0 aliphatic carbocycles. The molecule has 112 valence electrons. The maximum absolute atomic E-state index is 10.2. The lowest BCUT2D eigenvalue weighted by Gasteiger charge is -2.23. The minimum Gasteiger partial charge on any atom is -0.387 e. The number of benzene rings is 1. The average Bonchev–Trinajstić information content (AvgIpc) is 2.91. The van der Waals surface area contributed by atoms with Crippen molar-refractivity contribution < 1.29 is 5.11 Å². The Morgan fingerprint density at radius 2 is 2.00 bits per heavy atom. The van der Waals surface area contributed by atoms with E-state index in [-0.39, 0.29) is 0 Å². The number of aliphatic hydroxyl groups excluding tert-OH is 1. The molecule has 1 aromatic carbocycles. The monoisotopic (exact) mass is 316 g/mol. The molecule has 2 atom stereocenters. The molecule has 0 bridgehead atoms. The van der Waals surface area contributed by atoms with Gasteiger partial charge in [-0.25, -0.2) is 0 Å². The highest BCUT2D eigenvalue weighted by molar-refractivity contribution is 6.33. The van der Waals surface area contributed by atoms with E-state index in [0.717, 1.165) is 6.54 Å². The summed E-state index contributed by atoms with van der Waals surface area (Å²) in [6.45, 7) is 6.03. The summed E-state index contributed by atoms with van der Waals surface area (Å²) in [5.74, 6) is 0. The first-order chi connectivity index (χ1) is 9.56. The Labute approximate surface area is 130 Å². The van der Waals surface area contributed by atoms with E-state index >= 15 is 0 Å². The summed E-state index contributed by atoms with van der Waals surface area (Å²) >= 11 is 12.0. The molecule has 2 N–H and O–H groups in total. The number of aliphatic hydroxyl groups is 1. The average molecular weight is 317 g/mol. The summed E-state index contributed by atoms with van der Waals surface area (Å²) in [4.78, 5) is 2.45. The van der Waals surface area contributed by atoms with E-state index in [1.165, 1.54) is 25.9 Å². The zero-order chi connectivity index (χ0) is 14.5. The molecule has 3 nitrogen and oxygen atoms in total. The zero-order valence-corrected chi connectivity index (χ0v) is 13.3. The third kappa shape index (κ3) is 4.61. The summed E-state index contributed by atoms with van der Waals surface area (Å²) in [5.41, 5.74) is 0.681. The van der Waals surface area contributed by atoms with Crippen LogP contribution < -0.4 is 5.32 Å². The molecule has 1 aliphatic heterocycles. The fraction of sp³-hybridized carbons (Fsp3) is 0.600. The number of hydrogen-bond acceptors (Lipinski definition) is 3. The van der Waals surface area contributed by atoms with Crippen LogP contribution in [0.5, 0.6) is 0 Å². The van der Waals surface area contributed by atoms with E-state index < -0.39 is 6.10 Å². The van der Waals surface area contributed by atoms with Gasteiger partial charge in [-0.05, 0) is 51.1 Å². The van der Waals surface area contributed by atoms with E-state index in [1.54, 1.807) is 18.2 Å². The molecular weight excluding hydrogens is 295 g/mol. The summed E-state index contributed by atoms with van der Waals surface area (Å²) in [7, 11) is 0. The van der Waals surface area contributed by atoms with Crippen molar-refractivity contribution in [3.63, 3.8) is 0 Å². The van der Waals surface area contributed by atoms with Crippen molar-refractivity contribution in [2.45, 2.75) is 31.9 Å². The lowest BCUT2D eigenvalue weighted by Crippen LogP contribution is -2.39. The number of likely N-dealkylation sites (tertiary alicyclic amines) is 1. The van der Waals surface area contributed by atoms with Crippen molar-refractivity contribution in [2.75, 3.05) is 26.2 Å². The second kappa shape index (κ2) is 7.62. The van der Waals surface area contributed by atoms with Crippen LogP contribution >= 0.6 is 23.2 Å². The van der Waals surface area contributed by atoms with Crippen molar-refractivity contribution in [2.24, 2.45) is 0 Å². The van der Waals surface area contributed by atoms with Crippen LogP contribution in [-0.4, -0.2) is 42.2 Å². The van der Waals surface area contributed by atoms with E-state index in [2.05, 4.69) is 17.1 Å². The van der Waals surface area contributed by atoms with Crippen molar-refractivity contribution in [1.29, 1.82) is 0 Å². The summed E-state index contributed by atoms with van der Waals surface area (Å²) in [6, 6.07) is 5.52. The first-order valence-corrected chi connectivity index (χ1v) is 7.90. The maximum atomic E-state index is 10.2. The van der Waals surface area contributed by atoms with Gasteiger partial charge in [-0.2, -0.15) is 0 Å². The van der Waals surface area contributed by atoms with Gasteiger partial charge >= 0.3 is 0 Å². The van der Waals surface area contributed by atoms with E-state index in [4.69, 9.17) is 23.2 Å². The first-order valence-electron chi connectivity index (χ1n) is 7.15. The van der Waals surface area contributed by atoms with Gasteiger partial charge in [0.1, 0.15) is 0 Å². The van der Waals surface area contributed by atoms with E-state index in [1.807, 2.05) is 0 Å². The summed E-state index contributed by atoms with van der Waals surface area (Å²) in [6.07, 6.45) is 1.96. The Balaban J connectivity index is 1.81. The number of halogens is 2. The maximum Gasteiger partial charge on any atom is 0.0929 e. The van der Waals surface area contributed by atoms with Gasteiger partial charge in [-0.1, -0.05) is 23.2 Å². The molecule has 5 heteroatoms. The molecule has 1 aliphatic rings. The lowest BCUT2D eigenvalue weighted by molar-refractivity contribution is 0.166. The second-order valence-electron chi connectivity index (χ2n) is 5.50. The van der Waals surface area contributed by atoms with Crippen LogP contribution in [0.2, 0.25) is 10.0 Å². The Morgan fingerprint density at radius 1 is 1.30 bits per heavy atom. The predicted octanol–water partition coefficient (Wildman–Crippen LogP) is 3.10. The molecule has 1 aromatic rings. The largest absolute Gasteiger partial charge is 0.387 e. The number of nitrogens with zero attached hydrogens (tertiary/aromatic N) is 1. The molecule has 0 spiro atoms. The van der Waals surface area contributed by atoms with Crippen LogP contribution in [-0.2, 0) is 0 Å². The van der Waals surface area contributed by atoms with Gasteiger partial charge in [0.2, 0.25) is 0 Å². The fourth-order valence-corrected chi connectivity index (χ4v) is 3.03. The second-order valence-corrected chi connectivity index (χ2v) is 6.34. The zero-order valence-electron chi connectivity index (χ0n) is 11.8. The van der Waals surface area contributed by atoms with Crippen LogP contribution in [0, 0.1) is 0 Å². The molecule has 20 heavy (non-hydrogen) atoms. The minimum atomic E-state index is -0.637. The molecule has 0 saturated carbocycles. The number of nitrogens with one attached hydrogen (secondary N) is 1. The Hall–Kier alpha value is -0.320. The van der Waals surface area contributed by atoms with Crippen molar-refractivity contribution in [3.8, 4) is 0 Å². The van der Waals surface area contributed by atoms with Crippen molar-refractivity contribution in [3.05, 3.63) is 33.8 Å². The minimum absolute atomic E-state index is 0.348. The number of rotatable bonds is 6. The van der Waals surface area contributed by atoms with Gasteiger partial charge < -0.3 is 15.3 Å². The lowest BCUT2D eigenvalue weighted by atomic mass is 10.1. The van der Waals surface area contributed by atoms with E-state index in [0.29, 0.717) is 28.2 Å². The number of hydrogen-bond donors (Lipinski definition) is 2. The van der Waals surface area contributed by atoms with E-state index in [9.17, 15) is 5.11 Å². The standard InChI is InChI=1S/C15H22Cl2N2O/c1-11(10-19-6-2-3-7-19)18-9-15(20)13-8-12(16)4-5-14(13)17/h4-5,8,11,15,18,20H,2-3,6-7,9-10H2,1H3. The van der Waals surface area contributed by atoms with Crippen LogP contribution in [0.25, 0.3) is 0 Å². The van der Waals surface area contributed by atoms with Crippen LogP contribution in [0.3, 0.4) is 0 Å². The van der Waals surface area contributed by atoms with Gasteiger partial charge in [0.15, 0.2) is 0 Å². The van der Waals surface area contributed by atoms with Gasteiger partial charge in [0, 0.05) is 34.7 Å². The first kappa shape index (κ1) is 16.1. The Bertz CT molecular complexity index is 436. The SMILES string of the molecule is CC(CN1CCCC1)NCC(O)c1cc(Cl)ccc1Cl. The summed E-state index contributed by atoms with van der Waals surface area (Å²) in [5, 5.41) is 14.7. The van der Waals surface area contributed by atoms with Crippen LogP contribution in [0.15, 0.2) is 18.2 Å². The molecule has 1 fully saturated rings. The molecule has 1 heterocycles. The quantitative estimate of drug-likeness (QED) is 0.846. The summed E-state index contributed by atoms with van der Waals surface area (Å²) < 4.78 is 0. The Morgan fingerprint density at radius 3 is 2.70 bits per heavy atom. The highest BCUT2D eigenvalue weighted by Crippen LogP contribution is 2.26. The van der Waals surface area contributed by atoms with Gasteiger partial charge in [0.25, 0.3) is 0 Å². The predicted molar refractivity (Wildman–Crippen MR) is 84.6 cm³/mol. The smallest absolute Gasteiger partial charge is 0.0929 e. The van der Waals surface area contributed by atoms with Crippen LogP contribution in [0.4, 0.5) is 0 Å². The van der Waals surface area contributed by atoms with Gasteiger partial charge in [0.05, 0.1) is 6.10 Å². The highest BCUT2D eigenvalue weighted by Gasteiger charge is 2.16. The fourth-order valence-electron chi connectivity index (χ4n) is 2.61.